The van der Waals surface area contributed by atoms with Crippen molar-refractivity contribution in [3.63, 3.8) is 0 Å². The molecule has 1 N–H and O–H groups in total. The van der Waals surface area contributed by atoms with Crippen molar-refractivity contribution in [2.24, 2.45) is 0 Å². The van der Waals surface area contributed by atoms with Gasteiger partial charge in [0.2, 0.25) is 5.88 Å². The van der Waals surface area contributed by atoms with Crippen LogP contribution in [0.1, 0.15) is 0 Å². The third-order valence-corrected chi connectivity index (χ3v) is 1.50. The second-order valence-corrected chi connectivity index (χ2v) is 2.36. The van der Waals surface area contributed by atoms with Gasteiger partial charge in [-0.15, -0.1) is 5.10 Å². The fourth-order valence-corrected chi connectivity index (χ4v) is 0.578. The molecular weight excluding hydrogens is 219 g/mol. The minimum atomic E-state index is -0.00639. The molecular formula is C4H3IN2O. The monoisotopic (exact) mass is 222 g/mol. The predicted molar refractivity (Wildman–Crippen MR) is 36.4 cm³/mol. The Morgan fingerprint density at radius 3 is 2.75 bits per heavy atom. The van der Waals surface area contributed by atoms with E-state index in [1.54, 1.807) is 6.07 Å². The van der Waals surface area contributed by atoms with Crippen molar-refractivity contribution in [3.8, 4) is 5.88 Å². The molecule has 1 aromatic heterocycles. The van der Waals surface area contributed by atoms with Gasteiger partial charge in [0.05, 0.1) is 9.77 Å². The Morgan fingerprint density at radius 1 is 1.62 bits per heavy atom. The highest BCUT2D eigenvalue weighted by molar-refractivity contribution is 14.1. The minimum absolute atomic E-state index is 0.00639. The summed E-state index contributed by atoms with van der Waals surface area (Å²) in [7, 11) is 0. The molecule has 0 aliphatic carbocycles. The first-order valence-corrected chi connectivity index (χ1v) is 3.05. The summed E-state index contributed by atoms with van der Waals surface area (Å²) >= 11 is 1.97. The SMILES string of the molecule is Oc1nnccc1I. The Morgan fingerprint density at radius 2 is 2.38 bits per heavy atom. The van der Waals surface area contributed by atoms with Gasteiger partial charge in [0, 0.05) is 0 Å². The average Bonchev–Trinajstić information content (AvgIpc) is 1.77. The number of hydrogen-bond donors (Lipinski definition) is 1. The zero-order valence-electron chi connectivity index (χ0n) is 3.87. The summed E-state index contributed by atoms with van der Waals surface area (Å²) in [6.45, 7) is 0. The van der Waals surface area contributed by atoms with Crippen LogP contribution >= 0.6 is 22.6 Å². The zero-order valence-corrected chi connectivity index (χ0v) is 6.03. The van der Waals surface area contributed by atoms with E-state index < -0.39 is 0 Å². The minimum Gasteiger partial charge on any atom is -0.491 e. The smallest absolute Gasteiger partial charge is 0.244 e. The van der Waals surface area contributed by atoms with Crippen molar-refractivity contribution in [2.75, 3.05) is 0 Å². The first-order valence-electron chi connectivity index (χ1n) is 1.97. The van der Waals surface area contributed by atoms with Crippen molar-refractivity contribution in [3.05, 3.63) is 15.8 Å². The lowest BCUT2D eigenvalue weighted by molar-refractivity contribution is 0.441. The van der Waals surface area contributed by atoms with Gasteiger partial charge < -0.3 is 5.11 Å². The van der Waals surface area contributed by atoms with Gasteiger partial charge in [-0.3, -0.25) is 0 Å². The lowest BCUT2D eigenvalue weighted by Crippen LogP contribution is -1.80. The average molecular weight is 222 g/mol. The molecule has 4 heteroatoms. The molecule has 0 aliphatic rings. The van der Waals surface area contributed by atoms with Crippen LogP contribution in [0.2, 0.25) is 0 Å². The maximum atomic E-state index is 8.74. The summed E-state index contributed by atoms with van der Waals surface area (Å²) in [6.07, 6.45) is 1.53. The quantitative estimate of drug-likeness (QED) is 0.660. The normalized spacial score (nSPS) is 9.12. The van der Waals surface area contributed by atoms with Crippen LogP contribution < -0.4 is 0 Å². The number of aromatic hydroxyl groups is 1. The van der Waals surface area contributed by atoms with Crippen LogP contribution in [0.3, 0.4) is 0 Å². The molecule has 3 nitrogen and oxygen atoms in total. The molecule has 0 radical (unpaired) electrons. The summed E-state index contributed by atoms with van der Waals surface area (Å²) in [5.41, 5.74) is 0. The van der Waals surface area contributed by atoms with E-state index in [4.69, 9.17) is 5.11 Å². The fraction of sp³-hybridized carbons (Fsp3) is 0. The molecule has 0 amide bonds. The summed E-state index contributed by atoms with van der Waals surface area (Å²) in [5.74, 6) is -0.00639. The largest absolute Gasteiger partial charge is 0.491 e. The molecule has 1 rings (SSSR count). The molecule has 0 saturated heterocycles. The molecule has 0 fully saturated rings. The zero-order chi connectivity index (χ0) is 5.98. The number of aromatic nitrogens is 2. The number of hydrogen-bond acceptors (Lipinski definition) is 3. The van der Waals surface area contributed by atoms with E-state index in [0.29, 0.717) is 0 Å². The predicted octanol–water partition coefficient (Wildman–Crippen LogP) is 0.787. The lowest BCUT2D eigenvalue weighted by atomic mass is 10.6. The van der Waals surface area contributed by atoms with E-state index in [0.717, 1.165) is 3.57 Å². The maximum absolute atomic E-state index is 8.74. The van der Waals surface area contributed by atoms with Crippen LogP contribution in [-0.4, -0.2) is 15.3 Å². The van der Waals surface area contributed by atoms with Gasteiger partial charge in [-0.1, -0.05) is 0 Å². The van der Waals surface area contributed by atoms with Crippen LogP contribution in [0.4, 0.5) is 0 Å². The highest BCUT2D eigenvalue weighted by Crippen LogP contribution is 2.11. The van der Waals surface area contributed by atoms with Crippen molar-refractivity contribution < 1.29 is 5.11 Å². The molecule has 0 spiro atoms. The van der Waals surface area contributed by atoms with E-state index in [1.807, 2.05) is 22.6 Å². The third kappa shape index (κ3) is 1.06. The lowest BCUT2D eigenvalue weighted by Gasteiger charge is -1.87. The maximum Gasteiger partial charge on any atom is 0.244 e. The van der Waals surface area contributed by atoms with E-state index in [2.05, 4.69) is 10.2 Å². The van der Waals surface area contributed by atoms with Gasteiger partial charge in [-0.05, 0) is 28.7 Å². The molecule has 0 aliphatic heterocycles. The van der Waals surface area contributed by atoms with Gasteiger partial charge in [-0.25, -0.2) is 0 Å². The molecule has 0 unspecified atom stereocenters. The summed E-state index contributed by atoms with van der Waals surface area (Å²) in [6, 6.07) is 1.68. The van der Waals surface area contributed by atoms with Crippen molar-refractivity contribution >= 4 is 22.6 Å². The molecule has 8 heavy (non-hydrogen) atoms. The second-order valence-electron chi connectivity index (χ2n) is 1.20. The van der Waals surface area contributed by atoms with E-state index in [1.165, 1.54) is 6.20 Å². The third-order valence-electron chi connectivity index (χ3n) is 0.654. The van der Waals surface area contributed by atoms with Gasteiger partial charge in [0.15, 0.2) is 0 Å². The first kappa shape index (κ1) is 5.74. The van der Waals surface area contributed by atoms with E-state index >= 15 is 0 Å². The Labute approximate surface area is 59.9 Å². The highest BCUT2D eigenvalue weighted by atomic mass is 127. The molecule has 0 bridgehead atoms. The van der Waals surface area contributed by atoms with Gasteiger partial charge in [0.25, 0.3) is 0 Å². The number of nitrogens with zero attached hydrogens (tertiary/aromatic N) is 2. The van der Waals surface area contributed by atoms with Gasteiger partial charge in [0.1, 0.15) is 0 Å². The summed E-state index contributed by atoms with van der Waals surface area (Å²) < 4.78 is 0.720. The molecule has 1 aromatic rings. The Hall–Kier alpha value is -0.390. The van der Waals surface area contributed by atoms with Crippen LogP contribution in [0.25, 0.3) is 0 Å². The Bertz CT molecular complexity index is 170. The Kier molecular flexibility index (Phi) is 1.62. The number of halogens is 1. The van der Waals surface area contributed by atoms with Crippen molar-refractivity contribution in [2.45, 2.75) is 0 Å². The first-order chi connectivity index (χ1) is 3.80. The van der Waals surface area contributed by atoms with E-state index in [-0.39, 0.29) is 5.88 Å². The molecule has 0 atom stereocenters. The molecule has 42 valence electrons. The topological polar surface area (TPSA) is 46.0 Å². The van der Waals surface area contributed by atoms with Crippen molar-refractivity contribution in [1.29, 1.82) is 0 Å². The van der Waals surface area contributed by atoms with Crippen LogP contribution in [0, 0.1) is 3.57 Å². The molecule has 0 aromatic carbocycles. The molecule has 1 heterocycles. The Balaban J connectivity index is 3.13. The van der Waals surface area contributed by atoms with Crippen molar-refractivity contribution in [1.82, 2.24) is 10.2 Å². The summed E-state index contributed by atoms with van der Waals surface area (Å²) in [5, 5.41) is 15.6. The number of rotatable bonds is 0. The summed E-state index contributed by atoms with van der Waals surface area (Å²) in [4.78, 5) is 0. The van der Waals surface area contributed by atoms with Gasteiger partial charge in [-0.2, -0.15) is 5.10 Å². The van der Waals surface area contributed by atoms with Crippen LogP contribution in [0.5, 0.6) is 5.88 Å². The van der Waals surface area contributed by atoms with Gasteiger partial charge >= 0.3 is 0 Å². The highest BCUT2D eigenvalue weighted by Gasteiger charge is 1.92. The van der Waals surface area contributed by atoms with E-state index in [9.17, 15) is 0 Å². The fourth-order valence-electron chi connectivity index (χ4n) is 0.309. The molecule has 0 saturated carbocycles. The second kappa shape index (κ2) is 2.25. The standard InChI is InChI=1S/C4H3IN2O/c5-3-1-2-6-7-4(3)8/h1-2H,(H,7,8). The van der Waals surface area contributed by atoms with Crippen LogP contribution in [0.15, 0.2) is 12.3 Å². The van der Waals surface area contributed by atoms with Crippen LogP contribution in [-0.2, 0) is 0 Å².